The Kier molecular flexibility index (Phi) is 11.9. The number of esters is 1. The van der Waals surface area contributed by atoms with Gasteiger partial charge in [-0.1, -0.05) is 42.5 Å². The van der Waals surface area contributed by atoms with Crippen LogP contribution in [0.4, 0.5) is 0 Å². The van der Waals surface area contributed by atoms with Crippen molar-refractivity contribution < 1.29 is 19.1 Å². The topological polar surface area (TPSA) is 108 Å². The predicted molar refractivity (Wildman–Crippen MR) is 165 cm³/mol. The number of carbonyl (C=O) groups is 3. The van der Waals surface area contributed by atoms with Crippen LogP contribution in [-0.4, -0.2) is 109 Å². The molecule has 0 bridgehead atoms. The van der Waals surface area contributed by atoms with Gasteiger partial charge in [0.2, 0.25) is 11.8 Å². The van der Waals surface area contributed by atoms with E-state index in [0.717, 1.165) is 60.9 Å². The van der Waals surface area contributed by atoms with Crippen molar-refractivity contribution in [1.29, 1.82) is 0 Å². The number of benzene rings is 2. The number of hydrogen-bond donors (Lipinski definition) is 2. The van der Waals surface area contributed by atoms with Crippen molar-refractivity contribution in [3.63, 3.8) is 0 Å². The zero-order chi connectivity index (χ0) is 29.2. The molecule has 2 aliphatic rings. The van der Waals surface area contributed by atoms with Crippen LogP contribution in [0.1, 0.15) is 37.7 Å². The molecule has 9 nitrogen and oxygen atoms in total. The summed E-state index contributed by atoms with van der Waals surface area (Å²) in [4.78, 5) is 45.3. The Morgan fingerprint density at radius 3 is 2.61 bits per heavy atom. The second-order valence-corrected chi connectivity index (χ2v) is 12.2. The Morgan fingerprint density at radius 2 is 1.85 bits per heavy atom. The molecule has 0 aliphatic carbocycles. The summed E-state index contributed by atoms with van der Waals surface area (Å²) in [5.41, 5.74) is 6.81. The first-order chi connectivity index (χ1) is 19.9. The Balaban J connectivity index is 1.47. The summed E-state index contributed by atoms with van der Waals surface area (Å²) < 4.78 is 5.85. The van der Waals surface area contributed by atoms with E-state index >= 15 is 0 Å². The number of ether oxygens (including phenoxy) is 1. The van der Waals surface area contributed by atoms with Gasteiger partial charge in [-0.25, -0.2) is 4.79 Å². The molecule has 2 aromatic carbocycles. The number of nitrogens with zero attached hydrogens (tertiary/aromatic N) is 3. The summed E-state index contributed by atoms with van der Waals surface area (Å²) in [5.74, 6) is 0.117. The molecule has 0 saturated carbocycles. The molecule has 0 radical (unpaired) electrons. The van der Waals surface area contributed by atoms with Crippen molar-refractivity contribution in [3.8, 4) is 0 Å². The zero-order valence-electron chi connectivity index (χ0n) is 24.4. The average molecular weight is 584 g/mol. The van der Waals surface area contributed by atoms with Crippen molar-refractivity contribution in [1.82, 2.24) is 20.0 Å². The molecule has 2 aliphatic heterocycles. The molecule has 0 spiro atoms. The Morgan fingerprint density at radius 1 is 1.10 bits per heavy atom. The van der Waals surface area contributed by atoms with Gasteiger partial charge in [0.25, 0.3) is 0 Å². The van der Waals surface area contributed by atoms with Crippen LogP contribution in [0, 0.1) is 0 Å². The first kappa shape index (κ1) is 31.3. The van der Waals surface area contributed by atoms with Crippen molar-refractivity contribution >= 4 is 40.3 Å². The van der Waals surface area contributed by atoms with E-state index in [1.165, 1.54) is 0 Å². The third-order valence-electron chi connectivity index (χ3n) is 8.16. The van der Waals surface area contributed by atoms with E-state index in [0.29, 0.717) is 26.1 Å². The minimum atomic E-state index is -0.684. The fourth-order valence-electron chi connectivity index (χ4n) is 5.90. The second-order valence-electron chi connectivity index (χ2n) is 11.2. The van der Waals surface area contributed by atoms with E-state index in [-0.39, 0.29) is 43.0 Å². The SMILES string of the molecule is CSCC[C@H](NC(=O)CN(Cc1cccc2ccccc12)CC1CCCN1C(=O)CN)C(=O)OC1CCN(C)CC1. The van der Waals surface area contributed by atoms with Crippen molar-refractivity contribution in [2.24, 2.45) is 5.73 Å². The molecule has 2 saturated heterocycles. The van der Waals surface area contributed by atoms with Crippen LogP contribution in [0.3, 0.4) is 0 Å². The van der Waals surface area contributed by atoms with Crippen molar-refractivity contribution in [2.75, 3.05) is 58.3 Å². The zero-order valence-corrected chi connectivity index (χ0v) is 25.2. The fraction of sp³-hybridized carbons (Fsp3) is 0.581. The number of carbonyl (C=O) groups excluding carboxylic acids is 3. The van der Waals surface area contributed by atoms with E-state index in [4.69, 9.17) is 10.5 Å². The molecular formula is C31H45N5O4S. The average Bonchev–Trinajstić information content (AvgIpc) is 3.44. The van der Waals surface area contributed by atoms with Gasteiger partial charge >= 0.3 is 5.97 Å². The van der Waals surface area contributed by atoms with Crippen LogP contribution < -0.4 is 11.1 Å². The summed E-state index contributed by atoms with van der Waals surface area (Å²) in [7, 11) is 2.07. The van der Waals surface area contributed by atoms with E-state index < -0.39 is 6.04 Å². The second kappa shape index (κ2) is 15.5. The maximum absolute atomic E-state index is 13.5. The molecule has 3 N–H and O–H groups in total. The lowest BCUT2D eigenvalue weighted by Gasteiger charge is -2.32. The van der Waals surface area contributed by atoms with Crippen LogP contribution >= 0.6 is 11.8 Å². The van der Waals surface area contributed by atoms with Crippen LogP contribution in [0.5, 0.6) is 0 Å². The third-order valence-corrected chi connectivity index (χ3v) is 8.80. The molecule has 2 aromatic rings. The minimum Gasteiger partial charge on any atom is -0.461 e. The monoisotopic (exact) mass is 583 g/mol. The molecular weight excluding hydrogens is 538 g/mol. The Hall–Kier alpha value is -2.66. The van der Waals surface area contributed by atoms with Gasteiger partial charge in [-0.15, -0.1) is 0 Å². The highest BCUT2D eigenvalue weighted by Gasteiger charge is 2.31. The number of thioether (sulfide) groups is 1. The number of hydrogen-bond acceptors (Lipinski definition) is 8. The van der Waals surface area contributed by atoms with Crippen LogP contribution in [0.2, 0.25) is 0 Å². The van der Waals surface area contributed by atoms with Gasteiger partial charge in [0.15, 0.2) is 0 Å². The first-order valence-corrected chi connectivity index (χ1v) is 16.1. The highest BCUT2D eigenvalue weighted by atomic mass is 32.2. The van der Waals surface area contributed by atoms with Crippen molar-refractivity contribution in [2.45, 2.75) is 56.8 Å². The number of rotatable bonds is 13. The summed E-state index contributed by atoms with van der Waals surface area (Å²) >= 11 is 1.64. The lowest BCUT2D eigenvalue weighted by molar-refractivity contribution is -0.155. The fourth-order valence-corrected chi connectivity index (χ4v) is 6.37. The number of nitrogens with two attached hydrogens (primary N) is 1. The molecule has 0 aromatic heterocycles. The summed E-state index contributed by atoms with van der Waals surface area (Å²) in [6.07, 6.45) is 5.81. The van der Waals surface area contributed by atoms with Gasteiger partial charge in [-0.3, -0.25) is 14.5 Å². The minimum absolute atomic E-state index is 0.00415. The molecule has 1 unspecified atom stereocenters. The highest BCUT2D eigenvalue weighted by Crippen LogP contribution is 2.23. The van der Waals surface area contributed by atoms with Crippen LogP contribution in [0.25, 0.3) is 10.8 Å². The predicted octanol–water partition coefficient (Wildman–Crippen LogP) is 2.47. The van der Waals surface area contributed by atoms with Crippen LogP contribution in [0.15, 0.2) is 42.5 Å². The maximum Gasteiger partial charge on any atom is 0.328 e. The van der Waals surface area contributed by atoms with E-state index in [1.807, 2.05) is 29.4 Å². The summed E-state index contributed by atoms with van der Waals surface area (Å²) in [6.45, 7) is 3.68. The smallest absolute Gasteiger partial charge is 0.328 e. The Bertz CT molecular complexity index is 1170. The number of fused-ring (bicyclic) bond motifs is 1. The molecule has 2 atom stereocenters. The molecule has 4 rings (SSSR count). The molecule has 10 heteroatoms. The highest BCUT2D eigenvalue weighted by molar-refractivity contribution is 7.98. The van der Waals surface area contributed by atoms with Gasteiger partial charge in [-0.05, 0) is 67.5 Å². The number of piperidine rings is 1. The standard InChI is InChI=1S/C31H45N5O4S/c1-34-16-12-26(13-17-34)40-31(39)28(14-18-41-2)33-29(37)22-35(21-25-10-6-15-36(25)30(38)19-32)20-24-9-5-8-23-7-3-4-11-27(23)24/h3-5,7-9,11,25-26,28H,6,10,12-22,32H2,1-2H3,(H,33,37)/t25?,28-/m0/s1. The van der Waals surface area contributed by atoms with Gasteiger partial charge in [0, 0.05) is 38.8 Å². The maximum atomic E-state index is 13.5. The van der Waals surface area contributed by atoms with Gasteiger partial charge < -0.3 is 25.6 Å². The van der Waals surface area contributed by atoms with Gasteiger partial charge in [0.1, 0.15) is 12.1 Å². The molecule has 2 amide bonds. The Labute approximate surface area is 248 Å². The molecule has 224 valence electrons. The number of amides is 2. The quantitative estimate of drug-likeness (QED) is 0.347. The number of nitrogens with one attached hydrogen (secondary N) is 1. The van der Waals surface area contributed by atoms with Crippen molar-refractivity contribution in [3.05, 3.63) is 48.0 Å². The summed E-state index contributed by atoms with van der Waals surface area (Å²) in [6, 6.07) is 13.7. The molecule has 41 heavy (non-hydrogen) atoms. The van der Waals surface area contributed by atoms with Gasteiger partial charge in [0.05, 0.1) is 13.1 Å². The third kappa shape index (κ3) is 8.91. The number of likely N-dealkylation sites (tertiary alicyclic amines) is 2. The summed E-state index contributed by atoms with van der Waals surface area (Å²) in [5, 5.41) is 5.28. The molecule has 2 heterocycles. The van der Waals surface area contributed by atoms with E-state index in [1.54, 1.807) is 11.8 Å². The van der Waals surface area contributed by atoms with E-state index in [2.05, 4.69) is 46.4 Å². The first-order valence-electron chi connectivity index (χ1n) is 14.7. The normalized spacial score (nSPS) is 19.0. The molecule has 2 fully saturated rings. The van der Waals surface area contributed by atoms with E-state index in [9.17, 15) is 14.4 Å². The van der Waals surface area contributed by atoms with Gasteiger partial charge in [-0.2, -0.15) is 11.8 Å². The van der Waals surface area contributed by atoms with Crippen LogP contribution in [-0.2, 0) is 25.7 Å². The largest absolute Gasteiger partial charge is 0.461 e. The lowest BCUT2D eigenvalue weighted by atomic mass is 10.0. The lowest BCUT2D eigenvalue weighted by Crippen LogP contribution is -2.50.